The summed E-state index contributed by atoms with van der Waals surface area (Å²) in [6.45, 7) is 12.4. The predicted molar refractivity (Wildman–Crippen MR) is 152 cm³/mol. The van der Waals surface area contributed by atoms with Crippen molar-refractivity contribution in [3.05, 3.63) is 21.2 Å². The van der Waals surface area contributed by atoms with Crippen LogP contribution in [0.3, 0.4) is 0 Å². The number of halogens is 3. The van der Waals surface area contributed by atoms with E-state index < -0.39 is 0 Å². The third-order valence-electron chi connectivity index (χ3n) is 11.1. The van der Waals surface area contributed by atoms with E-state index in [1.54, 1.807) is 0 Å². The summed E-state index contributed by atoms with van der Waals surface area (Å²) in [6.07, 6.45) is 16.3. The van der Waals surface area contributed by atoms with Gasteiger partial charge in [-0.1, -0.05) is 100 Å². The Morgan fingerprint density at radius 1 is 1.03 bits per heavy atom. The van der Waals surface area contributed by atoms with E-state index in [-0.39, 0.29) is 33.4 Å². The Balaban J connectivity index is 1.41. The van der Waals surface area contributed by atoms with Crippen LogP contribution in [0.25, 0.3) is 0 Å². The molecule has 8 atom stereocenters. The second kappa shape index (κ2) is 11.5. The van der Waals surface area contributed by atoms with Gasteiger partial charge in [-0.25, -0.2) is 0 Å². The second-order valence-corrected chi connectivity index (χ2v) is 14.9. The Morgan fingerprint density at radius 3 is 2.47 bits per heavy atom. The van der Waals surface area contributed by atoms with E-state index >= 15 is 0 Å². The molecule has 0 unspecified atom stereocenters. The van der Waals surface area contributed by atoms with Crippen LogP contribution in [-0.4, -0.2) is 12.1 Å². The predicted octanol–water partition coefficient (Wildman–Crippen LogP) is 10.2. The average Bonchev–Trinajstić information content (AvgIpc) is 3.16. The number of ether oxygens (including phenoxy) is 1. The van der Waals surface area contributed by atoms with Crippen LogP contribution >= 0.6 is 34.8 Å². The number of fused-ring (bicyclic) bond motifs is 5. The molecule has 0 bridgehead atoms. The normalized spacial score (nSPS) is 38.5. The maximum Gasteiger partial charge on any atom is 0.311 e. The molecule has 4 aliphatic carbocycles. The van der Waals surface area contributed by atoms with E-state index in [2.05, 4.69) is 40.7 Å². The molecule has 4 aliphatic rings. The number of carbonyl (C=O) groups excluding carboxylic acids is 1. The van der Waals surface area contributed by atoms with Crippen molar-refractivity contribution >= 4 is 40.8 Å². The van der Waals surface area contributed by atoms with E-state index in [4.69, 9.17) is 39.5 Å². The molecule has 204 valence electrons. The molecule has 0 aliphatic heterocycles. The fraction of sp³-hybridized carbons (Fsp3) is 0.839. The van der Waals surface area contributed by atoms with Gasteiger partial charge in [0.05, 0.1) is 11.5 Å². The average molecular weight is 558 g/mol. The van der Waals surface area contributed by atoms with Gasteiger partial charge in [0.1, 0.15) is 10.6 Å². The highest BCUT2D eigenvalue weighted by atomic mass is 35.5. The molecule has 0 aromatic carbocycles. The van der Waals surface area contributed by atoms with Crippen LogP contribution in [0, 0.1) is 46.3 Å². The van der Waals surface area contributed by atoms with E-state index in [0.29, 0.717) is 5.41 Å². The van der Waals surface area contributed by atoms with E-state index in [1.165, 1.54) is 56.9 Å². The van der Waals surface area contributed by atoms with Crippen LogP contribution in [-0.2, 0) is 9.53 Å². The zero-order valence-corrected chi connectivity index (χ0v) is 25.3. The number of hydrogen-bond acceptors (Lipinski definition) is 2. The molecule has 0 heterocycles. The number of allylic oxidation sites excluding steroid dienone is 1. The van der Waals surface area contributed by atoms with Crippen molar-refractivity contribution in [3.8, 4) is 0 Å². The molecule has 0 spiro atoms. The summed E-state index contributed by atoms with van der Waals surface area (Å²) in [5, 5.41) is 0.151. The van der Waals surface area contributed by atoms with Crippen LogP contribution in [0.2, 0.25) is 0 Å². The Kier molecular flexibility index (Phi) is 9.22. The van der Waals surface area contributed by atoms with Gasteiger partial charge < -0.3 is 4.74 Å². The monoisotopic (exact) mass is 556 g/mol. The van der Waals surface area contributed by atoms with Crippen molar-refractivity contribution < 1.29 is 9.53 Å². The van der Waals surface area contributed by atoms with Crippen molar-refractivity contribution in [1.82, 2.24) is 0 Å². The second-order valence-electron chi connectivity index (χ2n) is 13.5. The SMILES string of the molecule is CC(C)CCC[C@@H](C)[C@H]1CC[C@H]2[C@@H]3CC=C4C[C@@H](OC(=O)CC(Cl)=C(Cl)Cl)CC[C@]4(C)[C@H]3CC[C@]12C. The molecule has 36 heavy (non-hydrogen) atoms. The lowest BCUT2D eigenvalue weighted by atomic mass is 9.47. The van der Waals surface area contributed by atoms with Gasteiger partial charge in [-0.2, -0.15) is 0 Å². The molecular formula is C31H47Cl3O2. The molecule has 3 fully saturated rings. The number of hydrogen-bond donors (Lipinski definition) is 0. The third-order valence-corrected chi connectivity index (χ3v) is 12.0. The van der Waals surface area contributed by atoms with Gasteiger partial charge in [-0.3, -0.25) is 4.79 Å². The molecule has 0 aromatic rings. The standard InChI is InChI=1S/C31H47Cl3O2/c1-19(2)7-6-8-20(3)24-11-12-25-23-10-9-21-17-22(36-28(35)18-27(32)29(33)34)13-15-30(21,4)26(23)14-16-31(24,25)5/h9,19-20,22-26H,6-8,10-18H2,1-5H3/t20-,22+,23+,24-,25+,26+,30+,31-/m1/s1. The van der Waals surface area contributed by atoms with Gasteiger partial charge in [0.15, 0.2) is 0 Å². The first-order valence-electron chi connectivity index (χ1n) is 14.5. The Hall–Kier alpha value is -0.180. The summed E-state index contributed by atoms with van der Waals surface area (Å²) < 4.78 is 5.74. The lowest BCUT2D eigenvalue weighted by Gasteiger charge is -2.58. The van der Waals surface area contributed by atoms with Gasteiger partial charge in [0, 0.05) is 6.42 Å². The summed E-state index contributed by atoms with van der Waals surface area (Å²) in [5.74, 6) is 4.69. The quantitative estimate of drug-likeness (QED) is 0.219. The van der Waals surface area contributed by atoms with Crippen LogP contribution in [0.5, 0.6) is 0 Å². The van der Waals surface area contributed by atoms with Crippen molar-refractivity contribution in [2.45, 2.75) is 118 Å². The highest BCUT2D eigenvalue weighted by Crippen LogP contribution is 2.67. The number of carbonyl (C=O) groups is 1. The lowest BCUT2D eigenvalue weighted by Crippen LogP contribution is -2.51. The van der Waals surface area contributed by atoms with Gasteiger partial charge in [0.25, 0.3) is 0 Å². The number of rotatable bonds is 8. The number of esters is 1. The molecule has 0 amide bonds. The highest BCUT2D eigenvalue weighted by molar-refractivity contribution is 6.59. The fourth-order valence-electron chi connectivity index (χ4n) is 9.17. The summed E-state index contributed by atoms with van der Waals surface area (Å²) in [7, 11) is 0. The zero-order chi connectivity index (χ0) is 26.3. The molecule has 3 saturated carbocycles. The zero-order valence-electron chi connectivity index (χ0n) is 23.1. The van der Waals surface area contributed by atoms with Crippen molar-refractivity contribution in [1.29, 1.82) is 0 Å². The first-order chi connectivity index (χ1) is 17.0. The minimum atomic E-state index is -0.338. The van der Waals surface area contributed by atoms with Gasteiger partial charge in [-0.15, -0.1) is 0 Å². The maximum absolute atomic E-state index is 12.4. The van der Waals surface area contributed by atoms with Crippen LogP contribution in [0.1, 0.15) is 112 Å². The van der Waals surface area contributed by atoms with Crippen LogP contribution < -0.4 is 0 Å². The van der Waals surface area contributed by atoms with E-state index in [1.807, 2.05) is 0 Å². The fourth-order valence-corrected chi connectivity index (χ4v) is 9.42. The molecule has 0 aromatic heterocycles. The maximum atomic E-state index is 12.4. The van der Waals surface area contributed by atoms with Crippen molar-refractivity contribution in [2.75, 3.05) is 0 Å². The van der Waals surface area contributed by atoms with Crippen molar-refractivity contribution in [2.24, 2.45) is 46.3 Å². The third kappa shape index (κ3) is 5.72. The minimum absolute atomic E-state index is 0.0568. The Labute approximate surface area is 234 Å². The Morgan fingerprint density at radius 2 is 1.78 bits per heavy atom. The molecule has 2 nitrogen and oxygen atoms in total. The Bertz CT molecular complexity index is 875. The topological polar surface area (TPSA) is 26.3 Å². The first-order valence-corrected chi connectivity index (χ1v) is 15.7. The van der Waals surface area contributed by atoms with E-state index in [0.717, 1.165) is 54.8 Å². The first kappa shape index (κ1) is 28.8. The van der Waals surface area contributed by atoms with Gasteiger partial charge in [-0.05, 0) is 91.3 Å². The van der Waals surface area contributed by atoms with Crippen molar-refractivity contribution in [3.63, 3.8) is 0 Å². The van der Waals surface area contributed by atoms with Crippen LogP contribution in [0.15, 0.2) is 21.2 Å². The molecule has 5 heteroatoms. The summed E-state index contributed by atoms with van der Waals surface area (Å²) in [4.78, 5) is 12.4. The summed E-state index contributed by atoms with van der Waals surface area (Å²) >= 11 is 17.4. The lowest BCUT2D eigenvalue weighted by molar-refractivity contribution is -0.150. The summed E-state index contributed by atoms with van der Waals surface area (Å²) in [6, 6.07) is 0. The van der Waals surface area contributed by atoms with E-state index in [9.17, 15) is 4.79 Å². The minimum Gasteiger partial charge on any atom is -0.462 e. The molecule has 4 rings (SSSR count). The highest BCUT2D eigenvalue weighted by Gasteiger charge is 2.59. The molecule has 0 saturated heterocycles. The van der Waals surface area contributed by atoms with Gasteiger partial charge in [0.2, 0.25) is 0 Å². The smallest absolute Gasteiger partial charge is 0.311 e. The van der Waals surface area contributed by atoms with Crippen LogP contribution in [0.4, 0.5) is 0 Å². The van der Waals surface area contributed by atoms with Gasteiger partial charge >= 0.3 is 5.97 Å². The largest absolute Gasteiger partial charge is 0.462 e. The molecular weight excluding hydrogens is 511 g/mol. The summed E-state index contributed by atoms with van der Waals surface area (Å²) in [5.41, 5.74) is 2.30. The molecule has 0 radical (unpaired) electrons. The molecule has 0 N–H and O–H groups in total.